The molecule has 1 aliphatic heterocycles. The van der Waals surface area contributed by atoms with Crippen molar-refractivity contribution in [3.05, 3.63) is 51.0 Å². The standard InChI is InChI=1S/C15H14BrCl2N3O2S/c16-11-3-4-14(13(18)10-11)24(22,23)21-8-6-20(7-9-21)15-12(17)2-1-5-19-15/h1-5,10H,6-9H2. The Hall–Kier alpha value is -0.860. The van der Waals surface area contributed by atoms with Gasteiger partial charge in [-0.1, -0.05) is 39.1 Å². The SMILES string of the molecule is O=S(=O)(c1ccc(Br)cc1Cl)N1CCN(c2ncccc2Cl)CC1. The quantitative estimate of drug-likeness (QED) is 0.715. The molecular formula is C15H14BrCl2N3O2S. The number of aromatic nitrogens is 1. The van der Waals surface area contributed by atoms with Crippen molar-refractivity contribution in [2.24, 2.45) is 0 Å². The first-order valence-corrected chi connectivity index (χ1v) is 10.2. The highest BCUT2D eigenvalue weighted by Gasteiger charge is 2.30. The molecule has 5 nitrogen and oxygen atoms in total. The zero-order valence-corrected chi connectivity index (χ0v) is 16.4. The van der Waals surface area contributed by atoms with Gasteiger partial charge in [-0.2, -0.15) is 4.31 Å². The van der Waals surface area contributed by atoms with Crippen LogP contribution in [0, 0.1) is 0 Å². The topological polar surface area (TPSA) is 53.5 Å². The second-order valence-electron chi connectivity index (χ2n) is 5.27. The van der Waals surface area contributed by atoms with E-state index in [0.717, 1.165) is 4.47 Å². The van der Waals surface area contributed by atoms with Crippen LogP contribution in [0.1, 0.15) is 0 Å². The molecule has 3 rings (SSSR count). The maximum absolute atomic E-state index is 12.8. The van der Waals surface area contributed by atoms with Crippen LogP contribution in [-0.4, -0.2) is 43.9 Å². The smallest absolute Gasteiger partial charge is 0.244 e. The Bertz CT molecular complexity index is 856. The summed E-state index contributed by atoms with van der Waals surface area (Å²) in [5.74, 6) is 0.679. The minimum Gasteiger partial charge on any atom is -0.353 e. The van der Waals surface area contributed by atoms with E-state index in [-0.39, 0.29) is 9.92 Å². The number of hydrogen-bond donors (Lipinski definition) is 0. The third kappa shape index (κ3) is 3.55. The van der Waals surface area contributed by atoms with Crippen LogP contribution < -0.4 is 4.90 Å². The Morgan fingerprint density at radius 3 is 2.38 bits per heavy atom. The van der Waals surface area contributed by atoms with Gasteiger partial charge in [-0.3, -0.25) is 0 Å². The molecule has 9 heteroatoms. The summed E-state index contributed by atoms with van der Waals surface area (Å²) in [5, 5.41) is 0.768. The van der Waals surface area contributed by atoms with Crippen molar-refractivity contribution in [3.8, 4) is 0 Å². The molecule has 1 aliphatic rings. The minimum atomic E-state index is -3.62. The zero-order valence-electron chi connectivity index (χ0n) is 12.5. The first kappa shape index (κ1) is 17.9. The van der Waals surface area contributed by atoms with Gasteiger partial charge in [-0.15, -0.1) is 0 Å². The van der Waals surface area contributed by atoms with E-state index in [2.05, 4.69) is 20.9 Å². The predicted octanol–water partition coefficient (Wildman–Crippen LogP) is 3.66. The molecule has 0 bridgehead atoms. The van der Waals surface area contributed by atoms with Crippen molar-refractivity contribution >= 4 is 55.0 Å². The highest BCUT2D eigenvalue weighted by atomic mass is 79.9. The molecule has 128 valence electrons. The van der Waals surface area contributed by atoms with Crippen molar-refractivity contribution in [3.63, 3.8) is 0 Å². The van der Waals surface area contributed by atoms with Crippen LogP contribution in [0.3, 0.4) is 0 Å². The molecule has 24 heavy (non-hydrogen) atoms. The number of anilines is 1. The fourth-order valence-corrected chi connectivity index (χ4v) is 5.25. The first-order valence-electron chi connectivity index (χ1n) is 7.20. The molecule has 1 aromatic heterocycles. The lowest BCUT2D eigenvalue weighted by molar-refractivity contribution is 0.384. The number of piperazine rings is 1. The molecule has 0 saturated carbocycles. The van der Waals surface area contributed by atoms with E-state index in [9.17, 15) is 8.42 Å². The molecule has 0 radical (unpaired) electrons. The Labute approximate surface area is 159 Å². The third-order valence-corrected chi connectivity index (χ3v) is 6.96. The molecule has 1 saturated heterocycles. The van der Waals surface area contributed by atoms with Gasteiger partial charge in [0.1, 0.15) is 10.7 Å². The number of nitrogens with zero attached hydrogens (tertiary/aromatic N) is 3. The second kappa shape index (κ2) is 7.17. The summed E-state index contributed by atoms with van der Waals surface area (Å²) in [6, 6.07) is 8.31. The largest absolute Gasteiger partial charge is 0.353 e. The predicted molar refractivity (Wildman–Crippen MR) is 99.4 cm³/mol. The Balaban J connectivity index is 1.78. The lowest BCUT2D eigenvalue weighted by atomic mass is 10.3. The van der Waals surface area contributed by atoms with Crippen LogP contribution in [0.4, 0.5) is 5.82 Å². The van der Waals surface area contributed by atoms with E-state index in [4.69, 9.17) is 23.2 Å². The van der Waals surface area contributed by atoms with Gasteiger partial charge in [0.15, 0.2) is 0 Å². The van der Waals surface area contributed by atoms with E-state index in [1.54, 1.807) is 30.5 Å². The van der Waals surface area contributed by atoms with Crippen LogP contribution in [-0.2, 0) is 10.0 Å². The molecule has 0 aliphatic carbocycles. The normalized spacial score (nSPS) is 16.4. The maximum Gasteiger partial charge on any atom is 0.244 e. The molecule has 0 N–H and O–H groups in total. The van der Waals surface area contributed by atoms with Crippen LogP contribution in [0.15, 0.2) is 45.9 Å². The average Bonchev–Trinajstić information content (AvgIpc) is 2.55. The molecule has 0 amide bonds. The van der Waals surface area contributed by atoms with E-state index in [0.29, 0.717) is 37.0 Å². The monoisotopic (exact) mass is 449 g/mol. The lowest BCUT2D eigenvalue weighted by Crippen LogP contribution is -2.49. The van der Waals surface area contributed by atoms with Crippen molar-refractivity contribution in [1.82, 2.24) is 9.29 Å². The number of pyridine rings is 1. The van der Waals surface area contributed by atoms with Crippen molar-refractivity contribution < 1.29 is 8.42 Å². The van der Waals surface area contributed by atoms with E-state index in [1.807, 2.05) is 4.90 Å². The van der Waals surface area contributed by atoms with Crippen molar-refractivity contribution in [2.75, 3.05) is 31.1 Å². The van der Waals surface area contributed by atoms with Gasteiger partial charge in [-0.25, -0.2) is 13.4 Å². The molecular weight excluding hydrogens is 437 g/mol. The maximum atomic E-state index is 12.8. The molecule has 2 aromatic rings. The molecule has 0 unspecified atom stereocenters. The summed E-state index contributed by atoms with van der Waals surface area (Å²) in [6.45, 7) is 1.73. The summed E-state index contributed by atoms with van der Waals surface area (Å²) in [6.07, 6.45) is 1.67. The summed E-state index contributed by atoms with van der Waals surface area (Å²) >= 11 is 15.5. The number of sulfonamides is 1. The van der Waals surface area contributed by atoms with Gasteiger partial charge in [0.25, 0.3) is 0 Å². The zero-order chi connectivity index (χ0) is 17.3. The fraction of sp³-hybridized carbons (Fsp3) is 0.267. The Kier molecular flexibility index (Phi) is 5.36. The van der Waals surface area contributed by atoms with Crippen LogP contribution in [0.5, 0.6) is 0 Å². The highest BCUT2D eigenvalue weighted by Crippen LogP contribution is 2.29. The average molecular weight is 451 g/mol. The molecule has 1 aromatic carbocycles. The molecule has 0 spiro atoms. The fourth-order valence-electron chi connectivity index (χ4n) is 2.57. The van der Waals surface area contributed by atoms with Crippen LogP contribution >= 0.6 is 39.1 Å². The van der Waals surface area contributed by atoms with E-state index in [1.165, 1.54) is 10.4 Å². The van der Waals surface area contributed by atoms with Crippen LogP contribution in [0.25, 0.3) is 0 Å². The third-order valence-electron chi connectivity index (χ3n) is 3.79. The van der Waals surface area contributed by atoms with Gasteiger partial charge in [0.2, 0.25) is 10.0 Å². The van der Waals surface area contributed by atoms with Crippen LogP contribution in [0.2, 0.25) is 10.0 Å². The minimum absolute atomic E-state index is 0.122. The summed E-state index contributed by atoms with van der Waals surface area (Å²) in [5.41, 5.74) is 0. The molecule has 1 fully saturated rings. The first-order chi connectivity index (χ1) is 11.4. The summed E-state index contributed by atoms with van der Waals surface area (Å²) < 4.78 is 27.8. The van der Waals surface area contributed by atoms with Gasteiger partial charge < -0.3 is 4.90 Å². The van der Waals surface area contributed by atoms with Gasteiger partial charge in [0.05, 0.1) is 10.0 Å². The molecule has 2 heterocycles. The number of rotatable bonds is 3. The highest BCUT2D eigenvalue weighted by molar-refractivity contribution is 9.10. The van der Waals surface area contributed by atoms with Gasteiger partial charge in [-0.05, 0) is 30.3 Å². The number of halogens is 3. The van der Waals surface area contributed by atoms with E-state index < -0.39 is 10.0 Å². The van der Waals surface area contributed by atoms with Crippen molar-refractivity contribution in [2.45, 2.75) is 4.90 Å². The molecule has 0 atom stereocenters. The summed E-state index contributed by atoms with van der Waals surface area (Å²) in [7, 11) is -3.62. The Morgan fingerprint density at radius 1 is 1.04 bits per heavy atom. The number of hydrogen-bond acceptors (Lipinski definition) is 4. The second-order valence-corrected chi connectivity index (χ2v) is 8.91. The van der Waals surface area contributed by atoms with Gasteiger partial charge in [0, 0.05) is 36.8 Å². The van der Waals surface area contributed by atoms with Crippen molar-refractivity contribution in [1.29, 1.82) is 0 Å². The lowest BCUT2D eigenvalue weighted by Gasteiger charge is -2.35. The van der Waals surface area contributed by atoms with Gasteiger partial charge >= 0.3 is 0 Å². The summed E-state index contributed by atoms with van der Waals surface area (Å²) in [4.78, 5) is 6.38. The van der Waals surface area contributed by atoms with E-state index >= 15 is 0 Å². The Morgan fingerprint density at radius 2 is 1.75 bits per heavy atom. The number of benzene rings is 1.